The molecule has 2 rings (SSSR count). The van der Waals surface area contributed by atoms with E-state index in [9.17, 15) is 0 Å². The first-order chi connectivity index (χ1) is 7.59. The Morgan fingerprint density at radius 2 is 1.88 bits per heavy atom. The molecule has 1 aromatic carbocycles. The fraction of sp³-hybridized carbons (Fsp3) is 0.571. The molecule has 1 heterocycles. The van der Waals surface area contributed by atoms with Gasteiger partial charge in [-0.2, -0.15) is 0 Å². The van der Waals surface area contributed by atoms with Crippen LogP contribution in [-0.4, -0.2) is 13.1 Å². The van der Waals surface area contributed by atoms with Crippen LogP contribution in [0.3, 0.4) is 0 Å². The summed E-state index contributed by atoms with van der Waals surface area (Å²) in [7, 11) is 0. The van der Waals surface area contributed by atoms with Crippen LogP contribution in [0, 0.1) is 26.7 Å². The average Bonchev–Trinajstić information content (AvgIpc) is 2.75. The largest absolute Gasteiger partial charge is 0.324 e. The van der Waals surface area contributed by atoms with Gasteiger partial charge in [0.25, 0.3) is 0 Å². The summed E-state index contributed by atoms with van der Waals surface area (Å²) in [4.78, 5) is 0. The van der Waals surface area contributed by atoms with E-state index in [0.717, 1.165) is 13.1 Å². The van der Waals surface area contributed by atoms with E-state index < -0.39 is 0 Å². The molecular weight excluding hydrogens is 196 g/mol. The van der Waals surface area contributed by atoms with E-state index in [1.807, 2.05) is 0 Å². The van der Waals surface area contributed by atoms with Gasteiger partial charge >= 0.3 is 0 Å². The molecule has 0 aromatic heterocycles. The SMILES string of the molecule is Cc1cc(C)c(C(N)C2CCNC2)cc1C. The summed E-state index contributed by atoms with van der Waals surface area (Å²) in [6.45, 7) is 8.67. The Labute approximate surface area is 98.2 Å². The Morgan fingerprint density at radius 3 is 2.50 bits per heavy atom. The highest BCUT2D eigenvalue weighted by molar-refractivity contribution is 5.38. The van der Waals surface area contributed by atoms with E-state index in [-0.39, 0.29) is 6.04 Å². The Kier molecular flexibility index (Phi) is 3.31. The van der Waals surface area contributed by atoms with Gasteiger partial charge in [0, 0.05) is 6.04 Å². The molecule has 2 nitrogen and oxygen atoms in total. The monoisotopic (exact) mass is 218 g/mol. The zero-order valence-corrected chi connectivity index (χ0v) is 10.5. The number of hydrogen-bond acceptors (Lipinski definition) is 2. The van der Waals surface area contributed by atoms with Crippen LogP contribution in [0.1, 0.15) is 34.7 Å². The van der Waals surface area contributed by atoms with Gasteiger partial charge in [0.05, 0.1) is 0 Å². The van der Waals surface area contributed by atoms with E-state index in [0.29, 0.717) is 5.92 Å². The standard InChI is InChI=1S/C14H22N2/c1-9-6-11(3)13(7-10(9)2)14(15)12-4-5-16-8-12/h6-7,12,14,16H,4-5,8,15H2,1-3H3. The lowest BCUT2D eigenvalue weighted by atomic mass is 9.88. The summed E-state index contributed by atoms with van der Waals surface area (Å²) < 4.78 is 0. The third-order valence-electron chi connectivity index (χ3n) is 3.85. The summed E-state index contributed by atoms with van der Waals surface area (Å²) in [5.74, 6) is 0.598. The van der Waals surface area contributed by atoms with Crippen LogP contribution < -0.4 is 11.1 Å². The third kappa shape index (κ3) is 2.13. The van der Waals surface area contributed by atoms with Gasteiger partial charge in [-0.15, -0.1) is 0 Å². The summed E-state index contributed by atoms with van der Waals surface area (Å²) in [6.07, 6.45) is 1.20. The van der Waals surface area contributed by atoms with E-state index in [1.165, 1.54) is 28.7 Å². The summed E-state index contributed by atoms with van der Waals surface area (Å²) in [5.41, 5.74) is 11.8. The molecule has 1 aromatic rings. The lowest BCUT2D eigenvalue weighted by Crippen LogP contribution is -2.24. The van der Waals surface area contributed by atoms with Crippen molar-refractivity contribution in [2.45, 2.75) is 33.2 Å². The molecule has 0 bridgehead atoms. The van der Waals surface area contributed by atoms with E-state index in [2.05, 4.69) is 38.2 Å². The molecule has 0 saturated carbocycles. The Hall–Kier alpha value is -0.860. The van der Waals surface area contributed by atoms with Gasteiger partial charge in [0.15, 0.2) is 0 Å². The topological polar surface area (TPSA) is 38.0 Å². The van der Waals surface area contributed by atoms with Crippen LogP contribution in [0.25, 0.3) is 0 Å². The van der Waals surface area contributed by atoms with Gasteiger partial charge in [-0.25, -0.2) is 0 Å². The van der Waals surface area contributed by atoms with Crippen LogP contribution in [0.5, 0.6) is 0 Å². The van der Waals surface area contributed by atoms with Crippen LogP contribution in [-0.2, 0) is 0 Å². The molecule has 1 aliphatic rings. The second-order valence-electron chi connectivity index (χ2n) is 5.07. The zero-order valence-electron chi connectivity index (χ0n) is 10.5. The van der Waals surface area contributed by atoms with Crippen molar-refractivity contribution in [2.24, 2.45) is 11.7 Å². The lowest BCUT2D eigenvalue weighted by molar-refractivity contribution is 0.468. The summed E-state index contributed by atoms with van der Waals surface area (Å²) >= 11 is 0. The van der Waals surface area contributed by atoms with Crippen molar-refractivity contribution in [2.75, 3.05) is 13.1 Å². The lowest BCUT2D eigenvalue weighted by Gasteiger charge is -2.22. The molecule has 0 aliphatic carbocycles. The second kappa shape index (κ2) is 4.56. The first-order valence-electron chi connectivity index (χ1n) is 6.13. The molecule has 3 N–H and O–H groups in total. The minimum atomic E-state index is 0.189. The second-order valence-corrected chi connectivity index (χ2v) is 5.07. The number of nitrogens with one attached hydrogen (secondary N) is 1. The molecule has 0 amide bonds. The fourth-order valence-electron chi connectivity index (χ4n) is 2.58. The highest BCUT2D eigenvalue weighted by Gasteiger charge is 2.24. The van der Waals surface area contributed by atoms with Gasteiger partial charge in [-0.05, 0) is 68.5 Å². The molecule has 2 atom stereocenters. The van der Waals surface area contributed by atoms with Gasteiger partial charge < -0.3 is 11.1 Å². The maximum Gasteiger partial charge on any atom is 0.0338 e. The molecule has 88 valence electrons. The molecule has 2 heteroatoms. The zero-order chi connectivity index (χ0) is 11.7. The maximum atomic E-state index is 6.38. The first kappa shape index (κ1) is 11.6. The van der Waals surface area contributed by atoms with E-state index >= 15 is 0 Å². The minimum absolute atomic E-state index is 0.189. The van der Waals surface area contributed by atoms with Crippen molar-refractivity contribution in [3.8, 4) is 0 Å². The van der Waals surface area contributed by atoms with E-state index in [1.54, 1.807) is 0 Å². The van der Waals surface area contributed by atoms with E-state index in [4.69, 9.17) is 5.73 Å². The maximum absolute atomic E-state index is 6.38. The molecular formula is C14H22N2. The summed E-state index contributed by atoms with van der Waals surface area (Å²) in [6, 6.07) is 4.72. The number of aryl methyl sites for hydroxylation is 3. The highest BCUT2D eigenvalue weighted by Crippen LogP contribution is 2.28. The molecule has 0 radical (unpaired) electrons. The predicted molar refractivity (Wildman–Crippen MR) is 68.6 cm³/mol. The van der Waals surface area contributed by atoms with Crippen molar-refractivity contribution < 1.29 is 0 Å². The first-order valence-corrected chi connectivity index (χ1v) is 6.13. The molecule has 0 spiro atoms. The summed E-state index contributed by atoms with van der Waals surface area (Å²) in [5, 5.41) is 3.39. The average molecular weight is 218 g/mol. The number of nitrogens with two attached hydrogens (primary N) is 1. The quantitative estimate of drug-likeness (QED) is 0.799. The normalized spacial score (nSPS) is 22.4. The van der Waals surface area contributed by atoms with Gasteiger partial charge in [0.1, 0.15) is 0 Å². The highest BCUT2D eigenvalue weighted by atomic mass is 14.9. The van der Waals surface area contributed by atoms with Crippen molar-refractivity contribution in [3.05, 3.63) is 34.4 Å². The molecule has 2 unspecified atom stereocenters. The molecule has 1 aliphatic heterocycles. The van der Waals surface area contributed by atoms with Crippen molar-refractivity contribution in [1.82, 2.24) is 5.32 Å². The molecule has 1 saturated heterocycles. The Bertz CT molecular complexity index is 379. The number of rotatable bonds is 2. The third-order valence-corrected chi connectivity index (χ3v) is 3.85. The van der Waals surface area contributed by atoms with Crippen molar-refractivity contribution in [1.29, 1.82) is 0 Å². The van der Waals surface area contributed by atoms with Crippen LogP contribution in [0.4, 0.5) is 0 Å². The molecule has 16 heavy (non-hydrogen) atoms. The number of benzene rings is 1. The number of hydrogen-bond donors (Lipinski definition) is 2. The Morgan fingerprint density at radius 1 is 1.19 bits per heavy atom. The van der Waals surface area contributed by atoms with Gasteiger partial charge in [-0.1, -0.05) is 12.1 Å². The minimum Gasteiger partial charge on any atom is -0.324 e. The van der Waals surface area contributed by atoms with Crippen LogP contribution in [0.2, 0.25) is 0 Å². The van der Waals surface area contributed by atoms with Crippen molar-refractivity contribution >= 4 is 0 Å². The van der Waals surface area contributed by atoms with Gasteiger partial charge in [0.2, 0.25) is 0 Å². The predicted octanol–water partition coefficient (Wildman–Crippen LogP) is 2.22. The smallest absolute Gasteiger partial charge is 0.0338 e. The fourth-order valence-corrected chi connectivity index (χ4v) is 2.58. The van der Waals surface area contributed by atoms with Crippen LogP contribution in [0.15, 0.2) is 12.1 Å². The van der Waals surface area contributed by atoms with Gasteiger partial charge in [-0.3, -0.25) is 0 Å². The van der Waals surface area contributed by atoms with Crippen LogP contribution >= 0.6 is 0 Å². The molecule has 1 fully saturated rings. The Balaban J connectivity index is 2.28. The van der Waals surface area contributed by atoms with Crippen molar-refractivity contribution in [3.63, 3.8) is 0 Å².